The van der Waals surface area contributed by atoms with E-state index in [1.165, 1.54) is 17.1 Å². The Morgan fingerprint density at radius 3 is 3.04 bits per heavy atom. The molecule has 132 valence electrons. The van der Waals surface area contributed by atoms with Gasteiger partial charge in [-0.1, -0.05) is 0 Å². The summed E-state index contributed by atoms with van der Waals surface area (Å²) in [4.78, 5) is 28.0. The molecule has 0 saturated carbocycles. The van der Waals surface area contributed by atoms with Gasteiger partial charge in [0.1, 0.15) is 5.75 Å². The zero-order chi connectivity index (χ0) is 17.8. The number of rotatable bonds is 6. The van der Waals surface area contributed by atoms with Crippen LogP contribution >= 0.6 is 0 Å². The molecule has 0 saturated heterocycles. The highest BCUT2D eigenvalue weighted by atomic mass is 16.7. The largest absolute Gasteiger partial charge is 0.481 e. The van der Waals surface area contributed by atoms with Gasteiger partial charge in [0, 0.05) is 30.9 Å². The number of benzene rings is 1. The highest BCUT2D eigenvalue weighted by molar-refractivity contribution is 5.80. The molecule has 2 heterocycles. The van der Waals surface area contributed by atoms with Gasteiger partial charge in [-0.3, -0.25) is 14.2 Å². The summed E-state index contributed by atoms with van der Waals surface area (Å²) in [5, 5.41) is 2.74. The smallest absolute Gasteiger partial charge is 0.260 e. The molecule has 1 aromatic carbocycles. The lowest BCUT2D eigenvalue weighted by molar-refractivity contribution is -0.127. The molecule has 1 aliphatic rings. The predicted molar refractivity (Wildman–Crippen MR) is 88.9 cm³/mol. The van der Waals surface area contributed by atoms with E-state index in [9.17, 15) is 9.59 Å². The molecule has 0 bridgehead atoms. The molecule has 25 heavy (non-hydrogen) atoms. The highest BCUT2D eigenvalue weighted by Gasteiger charge is 2.18. The summed E-state index contributed by atoms with van der Waals surface area (Å²) in [6.07, 6.45) is 2.28. The number of hydrogen-bond donors (Lipinski definition) is 1. The van der Waals surface area contributed by atoms with Crippen LogP contribution in [0.2, 0.25) is 0 Å². The first-order valence-corrected chi connectivity index (χ1v) is 7.89. The summed E-state index contributed by atoms with van der Waals surface area (Å²) in [5.74, 6) is 1.50. The Labute approximate surface area is 144 Å². The number of amides is 1. The van der Waals surface area contributed by atoms with Crippen LogP contribution in [-0.2, 0) is 11.3 Å². The van der Waals surface area contributed by atoms with E-state index < -0.39 is 6.10 Å². The number of nitrogens with one attached hydrogen (secondary N) is 1. The van der Waals surface area contributed by atoms with Crippen LogP contribution in [0.15, 0.2) is 35.5 Å². The number of ether oxygens (including phenoxy) is 3. The van der Waals surface area contributed by atoms with Gasteiger partial charge < -0.3 is 19.5 Å². The number of hydrogen-bond acceptors (Lipinski definition) is 6. The van der Waals surface area contributed by atoms with Crippen LogP contribution in [0.4, 0.5) is 0 Å². The molecule has 0 fully saturated rings. The van der Waals surface area contributed by atoms with Crippen molar-refractivity contribution >= 4 is 5.91 Å². The Hall–Kier alpha value is -3.03. The molecule has 1 aromatic heterocycles. The molecule has 3 rings (SSSR count). The van der Waals surface area contributed by atoms with Crippen LogP contribution in [-0.4, -0.2) is 34.9 Å². The van der Waals surface area contributed by atoms with Crippen molar-refractivity contribution < 1.29 is 19.0 Å². The second kappa shape index (κ2) is 7.25. The fourth-order valence-corrected chi connectivity index (χ4v) is 2.37. The summed E-state index contributed by atoms with van der Waals surface area (Å²) in [6, 6.07) is 5.14. The van der Waals surface area contributed by atoms with E-state index in [1.807, 2.05) is 0 Å². The Kier molecular flexibility index (Phi) is 4.87. The Morgan fingerprint density at radius 1 is 1.40 bits per heavy atom. The monoisotopic (exact) mass is 345 g/mol. The SMILES string of the molecule is Cc1cncn(CCNC(=O)C(C)Oc2ccc3c(c2)OCO3)c1=O. The number of fused-ring (bicyclic) bond motifs is 1. The highest BCUT2D eigenvalue weighted by Crippen LogP contribution is 2.35. The summed E-state index contributed by atoms with van der Waals surface area (Å²) in [7, 11) is 0. The van der Waals surface area contributed by atoms with Gasteiger partial charge in [-0.15, -0.1) is 0 Å². The number of aryl methyl sites for hydroxylation is 1. The minimum absolute atomic E-state index is 0.117. The maximum atomic E-state index is 12.1. The van der Waals surface area contributed by atoms with E-state index in [0.717, 1.165) is 0 Å². The summed E-state index contributed by atoms with van der Waals surface area (Å²) >= 11 is 0. The fourth-order valence-electron chi connectivity index (χ4n) is 2.37. The third-order valence-electron chi connectivity index (χ3n) is 3.75. The first-order chi connectivity index (χ1) is 12.0. The molecule has 1 N–H and O–H groups in total. The second-order valence-corrected chi connectivity index (χ2v) is 5.64. The number of nitrogens with zero attached hydrogens (tertiary/aromatic N) is 2. The molecule has 8 heteroatoms. The van der Waals surface area contributed by atoms with Crippen LogP contribution in [0.3, 0.4) is 0 Å². The Bertz CT molecular complexity index is 833. The van der Waals surface area contributed by atoms with Gasteiger partial charge in [-0.2, -0.15) is 0 Å². The zero-order valence-corrected chi connectivity index (χ0v) is 14.0. The van der Waals surface area contributed by atoms with E-state index in [-0.39, 0.29) is 18.3 Å². The van der Waals surface area contributed by atoms with Crippen molar-refractivity contribution in [2.24, 2.45) is 0 Å². The van der Waals surface area contributed by atoms with Crippen LogP contribution in [0.1, 0.15) is 12.5 Å². The molecule has 0 radical (unpaired) electrons. The number of carbonyl (C=O) groups is 1. The van der Waals surface area contributed by atoms with Gasteiger partial charge in [0.15, 0.2) is 17.6 Å². The Balaban J connectivity index is 1.51. The minimum atomic E-state index is -0.687. The van der Waals surface area contributed by atoms with Crippen molar-refractivity contribution in [2.45, 2.75) is 26.5 Å². The van der Waals surface area contributed by atoms with Gasteiger partial charge in [-0.25, -0.2) is 4.98 Å². The molecule has 1 aliphatic heterocycles. The van der Waals surface area contributed by atoms with Crippen molar-refractivity contribution in [2.75, 3.05) is 13.3 Å². The van der Waals surface area contributed by atoms with E-state index in [4.69, 9.17) is 14.2 Å². The lowest BCUT2D eigenvalue weighted by Gasteiger charge is -2.15. The van der Waals surface area contributed by atoms with Gasteiger partial charge in [0.05, 0.1) is 6.33 Å². The number of carbonyl (C=O) groups excluding carboxylic acids is 1. The van der Waals surface area contributed by atoms with E-state index in [2.05, 4.69) is 10.3 Å². The molecule has 2 aromatic rings. The quantitative estimate of drug-likeness (QED) is 0.835. The van der Waals surface area contributed by atoms with E-state index in [0.29, 0.717) is 35.9 Å². The van der Waals surface area contributed by atoms with Crippen molar-refractivity contribution in [3.8, 4) is 17.2 Å². The molecule has 1 amide bonds. The minimum Gasteiger partial charge on any atom is -0.481 e. The second-order valence-electron chi connectivity index (χ2n) is 5.64. The summed E-state index contributed by atoms with van der Waals surface area (Å²) in [6.45, 7) is 4.18. The lowest BCUT2D eigenvalue weighted by Crippen LogP contribution is -2.39. The zero-order valence-electron chi connectivity index (χ0n) is 14.0. The molecule has 1 unspecified atom stereocenters. The number of aromatic nitrogens is 2. The van der Waals surface area contributed by atoms with Crippen LogP contribution in [0.25, 0.3) is 0 Å². The molecule has 0 spiro atoms. The maximum absolute atomic E-state index is 12.1. The van der Waals surface area contributed by atoms with E-state index >= 15 is 0 Å². The molecule has 0 aliphatic carbocycles. The summed E-state index contributed by atoms with van der Waals surface area (Å²) in [5.41, 5.74) is 0.447. The normalized spacial score (nSPS) is 13.4. The average Bonchev–Trinajstić information content (AvgIpc) is 3.06. The third kappa shape index (κ3) is 3.90. The average molecular weight is 345 g/mol. The van der Waals surface area contributed by atoms with Gasteiger partial charge in [0.25, 0.3) is 11.5 Å². The van der Waals surface area contributed by atoms with Crippen molar-refractivity contribution in [3.05, 3.63) is 46.6 Å². The van der Waals surface area contributed by atoms with Crippen LogP contribution in [0, 0.1) is 6.92 Å². The van der Waals surface area contributed by atoms with Crippen LogP contribution < -0.4 is 25.1 Å². The standard InChI is InChI=1S/C17H19N3O5/c1-11-8-18-9-20(17(11)22)6-5-19-16(21)12(2)25-13-3-4-14-15(7-13)24-10-23-14/h3-4,7-9,12H,5-6,10H2,1-2H3,(H,19,21). The lowest BCUT2D eigenvalue weighted by atomic mass is 10.3. The van der Waals surface area contributed by atoms with E-state index in [1.54, 1.807) is 32.0 Å². The molecule has 8 nitrogen and oxygen atoms in total. The molecule has 1 atom stereocenters. The van der Waals surface area contributed by atoms with Gasteiger partial charge in [-0.05, 0) is 26.0 Å². The molecular formula is C17H19N3O5. The summed E-state index contributed by atoms with van der Waals surface area (Å²) < 4.78 is 17.6. The maximum Gasteiger partial charge on any atom is 0.260 e. The topological polar surface area (TPSA) is 91.7 Å². The van der Waals surface area contributed by atoms with Crippen molar-refractivity contribution in [1.29, 1.82) is 0 Å². The van der Waals surface area contributed by atoms with Crippen LogP contribution in [0.5, 0.6) is 17.2 Å². The predicted octanol–water partition coefficient (Wildman–Crippen LogP) is 0.864. The first kappa shape index (κ1) is 16.8. The van der Waals surface area contributed by atoms with Crippen molar-refractivity contribution in [1.82, 2.24) is 14.9 Å². The van der Waals surface area contributed by atoms with Crippen molar-refractivity contribution in [3.63, 3.8) is 0 Å². The van der Waals surface area contributed by atoms with Gasteiger partial charge in [0.2, 0.25) is 6.79 Å². The third-order valence-corrected chi connectivity index (χ3v) is 3.75. The molecular weight excluding hydrogens is 326 g/mol. The first-order valence-electron chi connectivity index (χ1n) is 7.89. The van der Waals surface area contributed by atoms with Gasteiger partial charge >= 0.3 is 0 Å². The Morgan fingerprint density at radius 2 is 2.20 bits per heavy atom. The fraction of sp³-hybridized carbons (Fsp3) is 0.353.